The third-order valence-electron chi connectivity index (χ3n) is 3.40. The van der Waals surface area contributed by atoms with E-state index in [1.807, 2.05) is 26.1 Å². The smallest absolute Gasteiger partial charge is 0.213 e. The van der Waals surface area contributed by atoms with Crippen molar-refractivity contribution < 1.29 is 4.74 Å². The lowest BCUT2D eigenvalue weighted by atomic mass is 9.89. The van der Waals surface area contributed by atoms with Crippen LogP contribution in [0.2, 0.25) is 0 Å². The summed E-state index contributed by atoms with van der Waals surface area (Å²) in [5.74, 6) is 0.772. The highest BCUT2D eigenvalue weighted by Crippen LogP contribution is 2.25. The van der Waals surface area contributed by atoms with E-state index in [0.29, 0.717) is 12.1 Å². The Morgan fingerprint density at radius 3 is 2.50 bits per heavy atom. The van der Waals surface area contributed by atoms with E-state index in [1.165, 1.54) is 12.0 Å². The Morgan fingerprint density at radius 2 is 1.95 bits per heavy atom. The standard InChI is InChI=1S/C15H24N2O.C2H6/c1-3-5-12-6-7-15(17-11-12)18-14-9-13(10-14)16-8-4-2;1-2/h6-7,11,13-14,16H,3-5,8-10H2,1-2H3;1-2H3. The summed E-state index contributed by atoms with van der Waals surface area (Å²) in [6.45, 7) is 9.49. The van der Waals surface area contributed by atoms with Crippen molar-refractivity contribution in [1.29, 1.82) is 0 Å². The van der Waals surface area contributed by atoms with E-state index in [9.17, 15) is 0 Å². The summed E-state index contributed by atoms with van der Waals surface area (Å²) in [4.78, 5) is 4.36. The summed E-state index contributed by atoms with van der Waals surface area (Å²) in [5.41, 5.74) is 1.29. The van der Waals surface area contributed by atoms with Gasteiger partial charge < -0.3 is 10.1 Å². The van der Waals surface area contributed by atoms with E-state index in [0.717, 1.165) is 38.1 Å². The predicted octanol–water partition coefficient (Wildman–Crippen LogP) is 3.97. The molecule has 114 valence electrons. The van der Waals surface area contributed by atoms with Gasteiger partial charge in [0.15, 0.2) is 0 Å². The van der Waals surface area contributed by atoms with E-state index in [-0.39, 0.29) is 0 Å². The van der Waals surface area contributed by atoms with Gasteiger partial charge in [-0.05, 0) is 37.8 Å². The van der Waals surface area contributed by atoms with Crippen LogP contribution in [0.15, 0.2) is 18.3 Å². The van der Waals surface area contributed by atoms with Crippen LogP contribution in [0.3, 0.4) is 0 Å². The average Bonchev–Trinajstić information content (AvgIpc) is 2.45. The molecule has 0 bridgehead atoms. The zero-order chi connectivity index (χ0) is 14.8. The Hall–Kier alpha value is -1.09. The zero-order valence-corrected chi connectivity index (χ0v) is 13.5. The molecule has 1 aliphatic carbocycles. The molecule has 3 heteroatoms. The number of nitrogens with one attached hydrogen (secondary N) is 1. The maximum atomic E-state index is 5.84. The van der Waals surface area contributed by atoms with Crippen LogP contribution in [0, 0.1) is 0 Å². The molecule has 0 atom stereocenters. The second-order valence-electron chi connectivity index (χ2n) is 5.12. The molecule has 0 spiro atoms. The third-order valence-corrected chi connectivity index (χ3v) is 3.40. The molecule has 0 radical (unpaired) electrons. The van der Waals surface area contributed by atoms with Crippen LogP contribution in [0.4, 0.5) is 0 Å². The fourth-order valence-electron chi connectivity index (χ4n) is 2.26. The molecule has 0 aliphatic heterocycles. The van der Waals surface area contributed by atoms with E-state index in [2.05, 4.69) is 30.2 Å². The molecule has 0 saturated heterocycles. The predicted molar refractivity (Wildman–Crippen MR) is 85.3 cm³/mol. The topological polar surface area (TPSA) is 34.1 Å². The number of aryl methyl sites for hydroxylation is 1. The Labute approximate surface area is 124 Å². The molecular weight excluding hydrogens is 248 g/mol. The molecule has 0 unspecified atom stereocenters. The lowest BCUT2D eigenvalue weighted by Crippen LogP contribution is -2.47. The van der Waals surface area contributed by atoms with Gasteiger partial charge in [0, 0.05) is 18.3 Å². The highest BCUT2D eigenvalue weighted by atomic mass is 16.5. The average molecular weight is 278 g/mol. The molecule has 2 rings (SSSR count). The Kier molecular flexibility index (Phi) is 8.28. The lowest BCUT2D eigenvalue weighted by Gasteiger charge is -2.35. The number of hydrogen-bond donors (Lipinski definition) is 1. The summed E-state index contributed by atoms with van der Waals surface area (Å²) < 4.78 is 5.84. The minimum Gasteiger partial charge on any atom is -0.474 e. The largest absolute Gasteiger partial charge is 0.474 e. The van der Waals surface area contributed by atoms with Gasteiger partial charge in [-0.3, -0.25) is 0 Å². The molecule has 1 aromatic rings. The van der Waals surface area contributed by atoms with Gasteiger partial charge in [-0.1, -0.05) is 40.2 Å². The Balaban J connectivity index is 0.000000956. The van der Waals surface area contributed by atoms with Gasteiger partial charge in [0.2, 0.25) is 5.88 Å². The molecule has 1 aliphatic rings. The zero-order valence-electron chi connectivity index (χ0n) is 13.5. The van der Waals surface area contributed by atoms with Crippen LogP contribution in [0.25, 0.3) is 0 Å². The maximum Gasteiger partial charge on any atom is 0.213 e. The summed E-state index contributed by atoms with van der Waals surface area (Å²) in [5, 5.41) is 3.51. The third kappa shape index (κ3) is 5.49. The van der Waals surface area contributed by atoms with Crippen LogP contribution in [-0.4, -0.2) is 23.7 Å². The number of hydrogen-bond acceptors (Lipinski definition) is 3. The highest BCUT2D eigenvalue weighted by Gasteiger charge is 2.30. The van der Waals surface area contributed by atoms with Gasteiger partial charge in [-0.2, -0.15) is 0 Å². The monoisotopic (exact) mass is 278 g/mol. The van der Waals surface area contributed by atoms with Gasteiger partial charge >= 0.3 is 0 Å². The minimum atomic E-state index is 0.351. The first-order valence-electron chi connectivity index (χ1n) is 8.16. The van der Waals surface area contributed by atoms with Crippen molar-refractivity contribution >= 4 is 0 Å². The van der Waals surface area contributed by atoms with Crippen molar-refractivity contribution in [3.8, 4) is 5.88 Å². The molecule has 20 heavy (non-hydrogen) atoms. The van der Waals surface area contributed by atoms with E-state index >= 15 is 0 Å². The van der Waals surface area contributed by atoms with Crippen molar-refractivity contribution in [3.63, 3.8) is 0 Å². The van der Waals surface area contributed by atoms with Crippen molar-refractivity contribution in [2.45, 2.75) is 71.9 Å². The summed E-state index contributed by atoms with van der Waals surface area (Å²) >= 11 is 0. The normalized spacial score (nSPS) is 20.6. The first kappa shape index (κ1) is 17.0. The van der Waals surface area contributed by atoms with E-state index in [1.54, 1.807) is 0 Å². The number of aromatic nitrogens is 1. The number of rotatable bonds is 7. The molecular formula is C17H30N2O. The van der Waals surface area contributed by atoms with Crippen molar-refractivity contribution in [1.82, 2.24) is 10.3 Å². The lowest BCUT2D eigenvalue weighted by molar-refractivity contribution is 0.0807. The Morgan fingerprint density at radius 1 is 1.20 bits per heavy atom. The van der Waals surface area contributed by atoms with Gasteiger partial charge in [0.1, 0.15) is 6.10 Å². The second-order valence-corrected chi connectivity index (χ2v) is 5.12. The molecule has 0 aromatic carbocycles. The first-order valence-corrected chi connectivity index (χ1v) is 8.16. The van der Waals surface area contributed by atoms with E-state index in [4.69, 9.17) is 4.74 Å². The van der Waals surface area contributed by atoms with Crippen LogP contribution >= 0.6 is 0 Å². The minimum absolute atomic E-state index is 0.351. The maximum absolute atomic E-state index is 5.84. The van der Waals surface area contributed by atoms with Crippen LogP contribution < -0.4 is 10.1 Å². The fourth-order valence-corrected chi connectivity index (χ4v) is 2.26. The van der Waals surface area contributed by atoms with Crippen molar-refractivity contribution in [2.75, 3.05) is 6.54 Å². The molecule has 1 aromatic heterocycles. The summed E-state index contributed by atoms with van der Waals surface area (Å²) in [6.07, 6.45) is 7.96. The van der Waals surface area contributed by atoms with Crippen molar-refractivity contribution in [2.24, 2.45) is 0 Å². The number of nitrogens with zero attached hydrogens (tertiary/aromatic N) is 1. The highest BCUT2D eigenvalue weighted by molar-refractivity contribution is 5.18. The number of ether oxygens (including phenoxy) is 1. The quantitative estimate of drug-likeness (QED) is 0.819. The SMILES string of the molecule is CC.CCCNC1CC(Oc2ccc(CCC)cn2)C1. The van der Waals surface area contributed by atoms with Crippen LogP contribution in [0.5, 0.6) is 5.88 Å². The molecule has 1 heterocycles. The molecule has 1 saturated carbocycles. The Bertz CT molecular complexity index is 345. The molecule has 1 fully saturated rings. The second kappa shape index (κ2) is 9.76. The number of pyridine rings is 1. The van der Waals surface area contributed by atoms with Gasteiger partial charge in [0.05, 0.1) is 0 Å². The fraction of sp³-hybridized carbons (Fsp3) is 0.706. The van der Waals surface area contributed by atoms with Gasteiger partial charge in [-0.15, -0.1) is 0 Å². The summed E-state index contributed by atoms with van der Waals surface area (Å²) in [7, 11) is 0. The molecule has 3 nitrogen and oxygen atoms in total. The molecule has 0 amide bonds. The van der Waals surface area contributed by atoms with Gasteiger partial charge in [0.25, 0.3) is 0 Å². The summed E-state index contributed by atoms with van der Waals surface area (Å²) in [6, 6.07) is 4.77. The first-order chi connectivity index (χ1) is 9.81. The van der Waals surface area contributed by atoms with E-state index < -0.39 is 0 Å². The van der Waals surface area contributed by atoms with Crippen LogP contribution in [-0.2, 0) is 6.42 Å². The van der Waals surface area contributed by atoms with Crippen molar-refractivity contribution in [3.05, 3.63) is 23.9 Å². The van der Waals surface area contributed by atoms with Crippen LogP contribution in [0.1, 0.15) is 58.9 Å². The van der Waals surface area contributed by atoms with Gasteiger partial charge in [-0.25, -0.2) is 4.98 Å². The molecule has 1 N–H and O–H groups in total.